The summed E-state index contributed by atoms with van der Waals surface area (Å²) in [5, 5.41) is 6.91. The summed E-state index contributed by atoms with van der Waals surface area (Å²) < 4.78 is 42.8. The van der Waals surface area contributed by atoms with Gasteiger partial charge < -0.3 is 5.32 Å². The minimum atomic E-state index is -4.78. The molecule has 12 heteroatoms. The number of rotatable bonds is 3. The normalized spacial score (nSPS) is 16.7. The lowest BCUT2D eigenvalue weighted by Gasteiger charge is -2.31. The van der Waals surface area contributed by atoms with Crippen LogP contribution in [-0.2, 0) is 9.59 Å². The quantitative estimate of drug-likeness (QED) is 0.617. The van der Waals surface area contributed by atoms with Gasteiger partial charge in [-0.1, -0.05) is 23.9 Å². The van der Waals surface area contributed by atoms with E-state index in [1.807, 2.05) is 13.0 Å². The highest BCUT2D eigenvalue weighted by atomic mass is 32.2. The molecule has 0 bridgehead atoms. The van der Waals surface area contributed by atoms with E-state index in [1.54, 1.807) is 13.0 Å². The van der Waals surface area contributed by atoms with Crippen molar-refractivity contribution < 1.29 is 22.8 Å². The molecule has 0 aliphatic carbocycles. The van der Waals surface area contributed by atoms with Crippen LogP contribution in [-0.4, -0.2) is 49.4 Å². The van der Waals surface area contributed by atoms with Crippen LogP contribution in [0.2, 0.25) is 0 Å². The van der Waals surface area contributed by atoms with Crippen LogP contribution in [0.1, 0.15) is 17.8 Å². The van der Waals surface area contributed by atoms with Crippen LogP contribution in [0.3, 0.4) is 0 Å². The number of nitrogens with zero attached hydrogens (tertiary/aromatic N) is 5. The number of hydrogen-bond donors (Lipinski definition) is 1. The van der Waals surface area contributed by atoms with Crippen molar-refractivity contribution in [1.82, 2.24) is 19.6 Å². The van der Waals surface area contributed by atoms with Gasteiger partial charge in [-0.2, -0.15) is 18.2 Å². The minimum Gasteiger partial charge on any atom is -0.324 e. The van der Waals surface area contributed by atoms with Crippen molar-refractivity contribution in [3.05, 3.63) is 41.7 Å². The maximum Gasteiger partial charge on any atom is 0.409 e. The number of benzene rings is 1. The van der Waals surface area contributed by atoms with E-state index in [2.05, 4.69) is 20.4 Å². The zero-order valence-electron chi connectivity index (χ0n) is 16.5. The Bertz CT molecular complexity index is 1180. The molecule has 162 valence electrons. The Morgan fingerprint density at radius 1 is 1.26 bits per heavy atom. The number of carbonyl (C=O) groups excluding carboxylic acids is 2. The van der Waals surface area contributed by atoms with Gasteiger partial charge in [0.25, 0.3) is 5.78 Å². The largest absolute Gasteiger partial charge is 0.409 e. The van der Waals surface area contributed by atoms with E-state index in [0.717, 1.165) is 23.1 Å². The standard InChI is InChI=1S/C19H17F3N6O2S/c1-10-7-11(2)28-17(23-10)25-18(26-28)31-9-16(30)27-13-6-4-3-5-12(13)24-15(29)8-14(27)19(20,21)22/h3-7,14H,8-9H2,1-2H3,(H,24,29). The van der Waals surface area contributed by atoms with Gasteiger partial charge in [0.05, 0.1) is 23.5 Å². The molecular weight excluding hydrogens is 433 g/mol. The first-order chi connectivity index (χ1) is 14.6. The van der Waals surface area contributed by atoms with Gasteiger partial charge in [0.1, 0.15) is 6.04 Å². The van der Waals surface area contributed by atoms with E-state index >= 15 is 0 Å². The van der Waals surface area contributed by atoms with Gasteiger partial charge in [-0.25, -0.2) is 9.50 Å². The van der Waals surface area contributed by atoms with E-state index < -0.39 is 30.5 Å². The number of fused-ring (bicyclic) bond motifs is 2. The number of aromatic nitrogens is 4. The lowest BCUT2D eigenvalue weighted by molar-refractivity contribution is -0.157. The zero-order valence-corrected chi connectivity index (χ0v) is 17.3. The summed E-state index contributed by atoms with van der Waals surface area (Å²) >= 11 is 0.910. The molecule has 0 radical (unpaired) electrons. The molecule has 3 heterocycles. The third-order valence-corrected chi connectivity index (χ3v) is 5.52. The fourth-order valence-corrected chi connectivity index (χ4v) is 4.08. The van der Waals surface area contributed by atoms with Gasteiger partial charge in [-0.15, -0.1) is 5.10 Å². The predicted molar refractivity (Wildman–Crippen MR) is 108 cm³/mol. The lowest BCUT2D eigenvalue weighted by atomic mass is 10.1. The van der Waals surface area contributed by atoms with E-state index in [9.17, 15) is 22.8 Å². The SMILES string of the molecule is Cc1cc(C)n2nc(SCC(=O)N3c4ccccc4NC(=O)CC3C(F)(F)F)nc2n1. The van der Waals surface area contributed by atoms with Gasteiger partial charge in [-0.3, -0.25) is 14.5 Å². The number of thioether (sulfide) groups is 1. The summed E-state index contributed by atoms with van der Waals surface area (Å²) in [6.07, 6.45) is -5.67. The topological polar surface area (TPSA) is 92.5 Å². The first-order valence-corrected chi connectivity index (χ1v) is 10.2. The molecule has 1 unspecified atom stereocenters. The Morgan fingerprint density at radius 2 is 2.00 bits per heavy atom. The van der Waals surface area contributed by atoms with Crippen molar-refractivity contribution in [1.29, 1.82) is 0 Å². The molecule has 1 aromatic carbocycles. The van der Waals surface area contributed by atoms with Gasteiger partial charge >= 0.3 is 6.18 Å². The molecule has 1 aliphatic rings. The van der Waals surface area contributed by atoms with Crippen LogP contribution in [0, 0.1) is 13.8 Å². The average Bonchev–Trinajstić information content (AvgIpc) is 3.02. The maximum atomic E-state index is 13.8. The van der Waals surface area contributed by atoms with E-state index in [4.69, 9.17) is 0 Å². The van der Waals surface area contributed by atoms with Crippen LogP contribution >= 0.6 is 11.8 Å². The number of nitrogens with one attached hydrogen (secondary N) is 1. The highest BCUT2D eigenvalue weighted by Crippen LogP contribution is 2.38. The second kappa shape index (κ2) is 7.84. The van der Waals surface area contributed by atoms with E-state index in [-0.39, 0.29) is 22.3 Å². The highest BCUT2D eigenvalue weighted by Gasteiger charge is 2.48. The van der Waals surface area contributed by atoms with Gasteiger partial charge in [0.15, 0.2) is 0 Å². The Hall–Kier alpha value is -3.15. The van der Waals surface area contributed by atoms with E-state index in [0.29, 0.717) is 10.7 Å². The van der Waals surface area contributed by atoms with Gasteiger partial charge in [0, 0.05) is 11.4 Å². The van der Waals surface area contributed by atoms with Crippen molar-refractivity contribution in [2.75, 3.05) is 16.0 Å². The molecule has 0 saturated heterocycles. The Morgan fingerprint density at radius 3 is 2.74 bits per heavy atom. The van der Waals surface area contributed by atoms with Crippen LogP contribution in [0.5, 0.6) is 0 Å². The van der Waals surface area contributed by atoms with Crippen molar-refractivity contribution >= 4 is 40.7 Å². The summed E-state index contributed by atoms with van der Waals surface area (Å²) in [6, 6.07) is 5.46. The van der Waals surface area contributed by atoms with Crippen LogP contribution in [0.4, 0.5) is 24.5 Å². The fourth-order valence-electron chi connectivity index (χ4n) is 3.40. The highest BCUT2D eigenvalue weighted by molar-refractivity contribution is 7.99. The lowest BCUT2D eigenvalue weighted by Crippen LogP contribution is -2.50. The molecule has 2 amide bonds. The number of halogens is 3. The molecule has 3 aromatic rings. The van der Waals surface area contributed by atoms with Gasteiger partial charge in [0.2, 0.25) is 17.0 Å². The summed E-state index contributed by atoms with van der Waals surface area (Å²) in [6.45, 7) is 3.63. The first kappa shape index (κ1) is 21.1. The van der Waals surface area contributed by atoms with Crippen LogP contribution in [0.25, 0.3) is 5.78 Å². The molecule has 31 heavy (non-hydrogen) atoms. The number of hydrogen-bond acceptors (Lipinski definition) is 6. The third kappa shape index (κ3) is 4.20. The molecule has 8 nitrogen and oxygen atoms in total. The molecule has 4 rings (SSSR count). The molecule has 0 saturated carbocycles. The smallest absolute Gasteiger partial charge is 0.324 e. The van der Waals surface area contributed by atoms with E-state index in [1.165, 1.54) is 22.7 Å². The molecular formula is C19H17F3N6O2S. The molecule has 0 fully saturated rings. The van der Waals surface area contributed by atoms with Gasteiger partial charge in [-0.05, 0) is 32.0 Å². The number of anilines is 2. The van der Waals surface area contributed by atoms with Crippen LogP contribution < -0.4 is 10.2 Å². The number of aryl methyl sites for hydroxylation is 2. The molecule has 0 spiro atoms. The molecule has 1 atom stereocenters. The summed E-state index contributed by atoms with van der Waals surface area (Å²) in [5.41, 5.74) is 1.68. The first-order valence-electron chi connectivity index (χ1n) is 9.25. The second-order valence-corrected chi connectivity index (χ2v) is 7.97. The van der Waals surface area contributed by atoms with Crippen molar-refractivity contribution in [2.45, 2.75) is 37.6 Å². The minimum absolute atomic E-state index is 0.00243. The summed E-state index contributed by atoms with van der Waals surface area (Å²) in [4.78, 5) is 34.1. The van der Waals surface area contributed by atoms with Crippen molar-refractivity contribution in [2.24, 2.45) is 0 Å². The average molecular weight is 450 g/mol. The Kier molecular flexibility index (Phi) is 5.33. The van der Waals surface area contributed by atoms with Crippen molar-refractivity contribution in [3.63, 3.8) is 0 Å². The number of carbonyl (C=O) groups is 2. The fraction of sp³-hybridized carbons (Fsp3) is 0.316. The number of amides is 2. The summed E-state index contributed by atoms with van der Waals surface area (Å²) in [7, 11) is 0. The second-order valence-electron chi connectivity index (χ2n) is 7.02. The molecule has 1 N–H and O–H groups in total. The Balaban J connectivity index is 1.63. The van der Waals surface area contributed by atoms with Crippen LogP contribution in [0.15, 0.2) is 35.5 Å². The summed E-state index contributed by atoms with van der Waals surface area (Å²) in [5.74, 6) is -1.62. The third-order valence-electron chi connectivity index (χ3n) is 4.70. The predicted octanol–water partition coefficient (Wildman–Crippen LogP) is 3.14. The monoisotopic (exact) mass is 450 g/mol. The molecule has 2 aromatic heterocycles. The van der Waals surface area contributed by atoms with Crippen molar-refractivity contribution in [3.8, 4) is 0 Å². The Labute approximate surface area is 178 Å². The maximum absolute atomic E-state index is 13.8. The molecule has 1 aliphatic heterocycles. The zero-order chi connectivity index (χ0) is 22.3. The number of alkyl halides is 3. The number of para-hydroxylation sites is 2.